The van der Waals surface area contributed by atoms with Crippen LogP contribution in [0.5, 0.6) is 5.06 Å². The fourth-order valence-corrected chi connectivity index (χ4v) is 4.68. The number of halogens is 2. The molecule has 0 unspecified atom stereocenters. The molecule has 3 rings (SSSR count). The van der Waals surface area contributed by atoms with Crippen LogP contribution in [0, 0.1) is 6.92 Å². The minimum atomic E-state index is -1.52. The van der Waals surface area contributed by atoms with E-state index in [0.29, 0.717) is 35.4 Å². The normalized spacial score (nSPS) is 18.7. The molecule has 31 heavy (non-hydrogen) atoms. The average molecular weight is 491 g/mol. The van der Waals surface area contributed by atoms with Crippen LogP contribution in [0.1, 0.15) is 40.0 Å². The summed E-state index contributed by atoms with van der Waals surface area (Å²) in [5.41, 5.74) is 0.739. The van der Waals surface area contributed by atoms with Crippen molar-refractivity contribution in [3.05, 3.63) is 27.1 Å². The Kier molecular flexibility index (Phi) is 7.10. The van der Waals surface area contributed by atoms with Gasteiger partial charge in [-0.1, -0.05) is 34.5 Å². The summed E-state index contributed by atoms with van der Waals surface area (Å²) in [6.45, 7) is 3.84. The highest BCUT2D eigenvalue weighted by Gasteiger charge is 2.34. The SMILES string of the molecule is CO[C@H]1CN(c2nc(C(C)=O)c(OC(=O)O)s2)CC[C@H]1NC(=O)c1[nH]c(C)c(Cl)c1Cl. The van der Waals surface area contributed by atoms with E-state index in [4.69, 9.17) is 33.0 Å². The highest BCUT2D eigenvalue weighted by atomic mass is 35.5. The Labute approximate surface area is 191 Å². The Bertz CT molecular complexity index is 1020. The van der Waals surface area contributed by atoms with Crippen LogP contribution in [-0.2, 0) is 4.74 Å². The lowest BCUT2D eigenvalue weighted by Crippen LogP contribution is -2.55. The molecule has 13 heteroatoms. The highest BCUT2D eigenvalue weighted by molar-refractivity contribution is 7.17. The van der Waals surface area contributed by atoms with Crippen molar-refractivity contribution in [1.82, 2.24) is 15.3 Å². The molecule has 2 atom stereocenters. The minimum absolute atomic E-state index is 0.0413. The molecule has 168 valence electrons. The quantitative estimate of drug-likeness (QED) is 0.414. The predicted molar refractivity (Wildman–Crippen MR) is 115 cm³/mol. The van der Waals surface area contributed by atoms with Crippen LogP contribution in [0.4, 0.5) is 9.93 Å². The van der Waals surface area contributed by atoms with E-state index in [0.717, 1.165) is 11.3 Å². The van der Waals surface area contributed by atoms with E-state index >= 15 is 0 Å². The van der Waals surface area contributed by atoms with Gasteiger partial charge >= 0.3 is 6.16 Å². The number of H-pyrrole nitrogens is 1. The molecule has 10 nitrogen and oxygen atoms in total. The van der Waals surface area contributed by atoms with Gasteiger partial charge in [0, 0.05) is 32.8 Å². The van der Waals surface area contributed by atoms with Crippen LogP contribution in [0.25, 0.3) is 0 Å². The van der Waals surface area contributed by atoms with Crippen molar-refractivity contribution in [2.24, 2.45) is 0 Å². The summed E-state index contributed by atoms with van der Waals surface area (Å²) in [4.78, 5) is 44.3. The number of amides is 1. The van der Waals surface area contributed by atoms with Crippen LogP contribution in [-0.4, -0.2) is 65.3 Å². The molecule has 1 aliphatic heterocycles. The molecule has 1 aliphatic rings. The molecule has 0 radical (unpaired) electrons. The maximum absolute atomic E-state index is 12.7. The first-order valence-electron chi connectivity index (χ1n) is 9.17. The Hall–Kier alpha value is -2.34. The van der Waals surface area contributed by atoms with Crippen molar-refractivity contribution in [3.8, 4) is 5.06 Å². The number of Topliss-reactive ketones (excluding diaryl/α,β-unsaturated/α-hetero) is 1. The Morgan fingerprint density at radius 1 is 1.32 bits per heavy atom. The maximum atomic E-state index is 12.7. The summed E-state index contributed by atoms with van der Waals surface area (Å²) in [5, 5.41) is 12.6. The summed E-state index contributed by atoms with van der Waals surface area (Å²) >= 11 is 13.1. The summed E-state index contributed by atoms with van der Waals surface area (Å²) < 4.78 is 10.2. The lowest BCUT2D eigenvalue weighted by Gasteiger charge is -2.37. The van der Waals surface area contributed by atoms with E-state index in [2.05, 4.69) is 20.0 Å². The van der Waals surface area contributed by atoms with Crippen molar-refractivity contribution in [3.63, 3.8) is 0 Å². The van der Waals surface area contributed by atoms with Gasteiger partial charge in [0.15, 0.2) is 16.6 Å². The number of hydrogen-bond donors (Lipinski definition) is 3. The number of rotatable bonds is 6. The van der Waals surface area contributed by atoms with E-state index in [-0.39, 0.29) is 27.5 Å². The summed E-state index contributed by atoms with van der Waals surface area (Å²) in [7, 11) is 1.53. The Balaban J connectivity index is 1.73. The lowest BCUT2D eigenvalue weighted by atomic mass is 10.0. The number of aryl methyl sites for hydroxylation is 1. The number of carbonyl (C=O) groups excluding carboxylic acids is 2. The van der Waals surface area contributed by atoms with E-state index < -0.39 is 23.9 Å². The topological polar surface area (TPSA) is 134 Å². The monoisotopic (exact) mass is 490 g/mol. The molecule has 0 spiro atoms. The van der Waals surface area contributed by atoms with E-state index in [1.165, 1.54) is 14.0 Å². The number of methoxy groups -OCH3 is 1. The van der Waals surface area contributed by atoms with Gasteiger partial charge in [-0.05, 0) is 13.3 Å². The zero-order chi connectivity index (χ0) is 22.9. The third-order valence-electron chi connectivity index (χ3n) is 4.83. The number of nitrogens with one attached hydrogen (secondary N) is 2. The fourth-order valence-electron chi connectivity index (χ4n) is 3.26. The number of anilines is 1. The standard InChI is InChI=1S/C18H20Cl2N4O6S/c1-7-11(19)12(20)14(21-7)15(26)22-9-4-5-24(6-10(9)29-3)17-23-13(8(2)25)16(31-17)30-18(27)28/h9-10,21H,4-6H2,1-3H3,(H,22,26)(H,27,28)/t9-,10+/m1/s1. The molecular formula is C18H20Cl2N4O6S. The number of hydrogen-bond acceptors (Lipinski definition) is 8. The van der Waals surface area contributed by atoms with E-state index in [1.807, 2.05) is 4.90 Å². The highest BCUT2D eigenvalue weighted by Crippen LogP contribution is 2.35. The number of thiazole rings is 1. The number of aromatic nitrogens is 2. The molecule has 1 fully saturated rings. The largest absolute Gasteiger partial charge is 0.512 e. The molecule has 0 saturated carbocycles. The van der Waals surface area contributed by atoms with Crippen LogP contribution in [0.15, 0.2) is 0 Å². The smallest absolute Gasteiger partial charge is 0.449 e. The molecular weight excluding hydrogens is 471 g/mol. The molecule has 2 aromatic heterocycles. The maximum Gasteiger partial charge on any atom is 0.512 e. The second-order valence-electron chi connectivity index (χ2n) is 6.90. The fraction of sp³-hybridized carbons (Fsp3) is 0.444. The third-order valence-corrected chi connectivity index (χ3v) is 6.77. The average Bonchev–Trinajstić information content (AvgIpc) is 3.24. The Morgan fingerprint density at radius 3 is 2.58 bits per heavy atom. The van der Waals surface area contributed by atoms with Gasteiger partial charge in [0.25, 0.3) is 5.91 Å². The van der Waals surface area contributed by atoms with Gasteiger partial charge in [0.2, 0.25) is 5.06 Å². The number of carbonyl (C=O) groups is 3. The summed E-state index contributed by atoms with van der Waals surface area (Å²) in [5.74, 6) is -0.799. The van der Waals surface area contributed by atoms with Gasteiger partial charge in [-0.3, -0.25) is 9.59 Å². The lowest BCUT2D eigenvalue weighted by molar-refractivity contribution is 0.0540. The summed E-state index contributed by atoms with van der Waals surface area (Å²) in [6, 6.07) is -0.311. The number of piperidine rings is 1. The van der Waals surface area contributed by atoms with Gasteiger partial charge in [0.05, 0.1) is 22.2 Å². The molecule has 0 bridgehead atoms. The predicted octanol–water partition coefficient (Wildman–Crippen LogP) is 3.37. The molecule has 1 saturated heterocycles. The van der Waals surface area contributed by atoms with Crippen molar-refractivity contribution in [1.29, 1.82) is 0 Å². The van der Waals surface area contributed by atoms with Gasteiger partial charge in [-0.25, -0.2) is 9.78 Å². The third kappa shape index (κ3) is 4.95. The zero-order valence-corrected chi connectivity index (χ0v) is 19.2. The molecule has 0 aromatic carbocycles. The molecule has 3 N–H and O–H groups in total. The van der Waals surface area contributed by atoms with Crippen LogP contribution >= 0.6 is 34.5 Å². The van der Waals surface area contributed by atoms with Gasteiger partial charge in [-0.2, -0.15) is 0 Å². The van der Waals surface area contributed by atoms with Crippen molar-refractivity contribution in [2.75, 3.05) is 25.1 Å². The number of ketones is 1. The number of aromatic amines is 1. The first-order chi connectivity index (χ1) is 14.6. The van der Waals surface area contributed by atoms with Crippen molar-refractivity contribution < 1.29 is 29.0 Å². The first-order valence-corrected chi connectivity index (χ1v) is 10.7. The first kappa shape index (κ1) is 23.3. The molecule has 3 heterocycles. The second kappa shape index (κ2) is 9.43. The number of carboxylic acid groups (broad SMARTS) is 1. The molecule has 0 aliphatic carbocycles. The Morgan fingerprint density at radius 2 is 2.03 bits per heavy atom. The van der Waals surface area contributed by atoms with Gasteiger partial charge in [0.1, 0.15) is 5.69 Å². The van der Waals surface area contributed by atoms with Crippen molar-refractivity contribution >= 4 is 57.5 Å². The van der Waals surface area contributed by atoms with Crippen LogP contribution in [0.3, 0.4) is 0 Å². The summed E-state index contributed by atoms with van der Waals surface area (Å²) in [6.07, 6.45) is -1.40. The number of ether oxygens (including phenoxy) is 2. The van der Waals surface area contributed by atoms with Crippen LogP contribution < -0.4 is 15.0 Å². The minimum Gasteiger partial charge on any atom is -0.449 e. The number of nitrogens with zero attached hydrogens (tertiary/aromatic N) is 2. The van der Waals surface area contributed by atoms with E-state index in [1.54, 1.807) is 6.92 Å². The second-order valence-corrected chi connectivity index (χ2v) is 8.59. The van der Waals surface area contributed by atoms with Gasteiger partial charge in [-0.15, -0.1) is 0 Å². The molecule has 2 aromatic rings. The van der Waals surface area contributed by atoms with Crippen LogP contribution in [0.2, 0.25) is 10.0 Å². The van der Waals surface area contributed by atoms with Crippen molar-refractivity contribution in [2.45, 2.75) is 32.4 Å². The zero-order valence-electron chi connectivity index (χ0n) is 16.8. The molecule has 1 amide bonds. The van der Waals surface area contributed by atoms with E-state index in [9.17, 15) is 14.4 Å². The van der Waals surface area contributed by atoms with Gasteiger partial charge < -0.3 is 29.8 Å².